The van der Waals surface area contributed by atoms with Gasteiger partial charge in [0.25, 0.3) is 15.7 Å². The number of ether oxygens (including phenoxy) is 2. The Morgan fingerprint density at radius 2 is 1.80 bits per heavy atom. The van der Waals surface area contributed by atoms with Crippen LogP contribution in [0.5, 0.6) is 11.5 Å². The number of hydrogen-bond acceptors (Lipinski definition) is 7. The van der Waals surface area contributed by atoms with Crippen molar-refractivity contribution in [2.45, 2.75) is 4.90 Å². The van der Waals surface area contributed by atoms with Gasteiger partial charge >= 0.3 is 0 Å². The number of methoxy groups -OCH3 is 2. The second kappa shape index (κ2) is 7.62. The van der Waals surface area contributed by atoms with E-state index >= 15 is 0 Å². The fourth-order valence-corrected chi connectivity index (χ4v) is 2.77. The van der Waals surface area contributed by atoms with Crippen molar-refractivity contribution >= 4 is 21.9 Å². The first-order valence-electron chi connectivity index (χ1n) is 6.89. The molecule has 0 fully saturated rings. The summed E-state index contributed by atoms with van der Waals surface area (Å²) in [5, 5.41) is 14.5. The summed E-state index contributed by atoms with van der Waals surface area (Å²) in [4.78, 5) is 12.2. The molecule has 0 atom stereocenters. The van der Waals surface area contributed by atoms with E-state index in [-0.39, 0.29) is 21.9 Å². The highest BCUT2D eigenvalue weighted by Crippen LogP contribution is 2.29. The summed E-state index contributed by atoms with van der Waals surface area (Å²) >= 11 is 0. The molecule has 9 nitrogen and oxygen atoms in total. The van der Waals surface area contributed by atoms with E-state index in [9.17, 15) is 18.5 Å². The van der Waals surface area contributed by atoms with Crippen molar-refractivity contribution < 1.29 is 22.8 Å². The molecule has 0 aliphatic rings. The number of sulfonamides is 1. The van der Waals surface area contributed by atoms with Crippen LogP contribution in [0.25, 0.3) is 0 Å². The molecule has 1 N–H and O–H groups in total. The molecular weight excluding hydrogens is 350 g/mol. The lowest BCUT2D eigenvalue weighted by Crippen LogP contribution is -2.18. The van der Waals surface area contributed by atoms with E-state index in [1.807, 2.05) is 4.83 Å². The topological polar surface area (TPSA) is 120 Å². The van der Waals surface area contributed by atoms with Crippen LogP contribution in [0.3, 0.4) is 0 Å². The van der Waals surface area contributed by atoms with E-state index in [0.717, 1.165) is 6.21 Å². The third-order valence-corrected chi connectivity index (χ3v) is 4.40. The molecule has 0 unspecified atom stereocenters. The maximum Gasteiger partial charge on any atom is 0.278 e. The van der Waals surface area contributed by atoms with E-state index in [2.05, 4.69) is 5.10 Å². The molecule has 132 valence electrons. The first-order valence-corrected chi connectivity index (χ1v) is 8.37. The molecule has 2 aromatic carbocycles. The lowest BCUT2D eigenvalue weighted by molar-refractivity contribution is -0.385. The van der Waals surface area contributed by atoms with Gasteiger partial charge in [0.05, 0.1) is 35.8 Å². The highest BCUT2D eigenvalue weighted by Gasteiger charge is 2.16. The molecule has 0 radical (unpaired) electrons. The molecule has 0 bridgehead atoms. The fraction of sp³-hybridized carbons (Fsp3) is 0.133. The van der Waals surface area contributed by atoms with Gasteiger partial charge in [-0.25, -0.2) is 4.83 Å². The molecule has 0 spiro atoms. The van der Waals surface area contributed by atoms with E-state index in [4.69, 9.17) is 9.47 Å². The van der Waals surface area contributed by atoms with Crippen molar-refractivity contribution in [3.8, 4) is 11.5 Å². The average molecular weight is 365 g/mol. The Morgan fingerprint density at radius 1 is 1.12 bits per heavy atom. The summed E-state index contributed by atoms with van der Waals surface area (Å²) in [6.07, 6.45) is 1.07. The molecule has 0 saturated carbocycles. The zero-order valence-corrected chi connectivity index (χ0v) is 14.2. The fourth-order valence-electron chi connectivity index (χ4n) is 1.96. The van der Waals surface area contributed by atoms with E-state index in [1.54, 1.807) is 6.07 Å². The van der Waals surface area contributed by atoms with Gasteiger partial charge in [0, 0.05) is 12.1 Å². The average Bonchev–Trinajstić information content (AvgIpc) is 2.61. The molecular formula is C15H15N3O6S. The van der Waals surface area contributed by atoms with Crippen molar-refractivity contribution in [1.82, 2.24) is 4.83 Å². The number of nitrogens with zero attached hydrogens (tertiary/aromatic N) is 2. The molecule has 10 heteroatoms. The third-order valence-electron chi connectivity index (χ3n) is 3.18. The Bertz CT molecular complexity index is 911. The number of rotatable bonds is 7. The standard InChI is InChI=1S/C15H15N3O6S/c1-23-14-8-7-12(9-15(14)24-2)25(21,22)17-16-10-11-5-3-4-6-13(11)18(19)20/h3-10,17H,1-2H3/b16-10+. The van der Waals surface area contributed by atoms with Gasteiger partial charge in [-0.1, -0.05) is 12.1 Å². The largest absolute Gasteiger partial charge is 0.493 e. The number of nitro groups is 1. The van der Waals surface area contributed by atoms with Gasteiger partial charge in [-0.2, -0.15) is 13.5 Å². The Hall–Kier alpha value is -3.14. The van der Waals surface area contributed by atoms with Crippen molar-refractivity contribution in [1.29, 1.82) is 0 Å². The first-order chi connectivity index (χ1) is 11.9. The monoisotopic (exact) mass is 365 g/mol. The van der Waals surface area contributed by atoms with Crippen molar-refractivity contribution in [3.05, 3.63) is 58.1 Å². The third kappa shape index (κ3) is 4.23. The quantitative estimate of drug-likeness (QED) is 0.455. The smallest absolute Gasteiger partial charge is 0.278 e. The van der Waals surface area contributed by atoms with Crippen LogP contribution in [0, 0.1) is 10.1 Å². The number of benzene rings is 2. The zero-order valence-electron chi connectivity index (χ0n) is 13.4. The van der Waals surface area contributed by atoms with Crippen LogP contribution in [0.1, 0.15) is 5.56 Å². The maximum absolute atomic E-state index is 12.3. The summed E-state index contributed by atoms with van der Waals surface area (Å²) in [5.41, 5.74) is -0.0147. The van der Waals surface area contributed by atoms with Crippen LogP contribution < -0.4 is 14.3 Å². The van der Waals surface area contributed by atoms with Gasteiger partial charge in [0.2, 0.25) is 0 Å². The van der Waals surface area contributed by atoms with E-state index < -0.39 is 14.9 Å². The molecule has 0 aromatic heterocycles. The van der Waals surface area contributed by atoms with E-state index in [1.165, 1.54) is 50.6 Å². The lowest BCUT2D eigenvalue weighted by Gasteiger charge is -2.09. The molecule has 2 aromatic rings. The normalized spacial score (nSPS) is 11.3. The van der Waals surface area contributed by atoms with E-state index in [0.29, 0.717) is 5.75 Å². The second-order valence-corrected chi connectivity index (χ2v) is 6.35. The number of hydrogen-bond donors (Lipinski definition) is 1. The molecule has 0 amide bonds. The maximum atomic E-state index is 12.3. The number of hydrazone groups is 1. The molecule has 0 aliphatic heterocycles. The summed E-state index contributed by atoms with van der Waals surface area (Å²) in [7, 11) is -1.16. The number of nitro benzene ring substituents is 1. The van der Waals surface area contributed by atoms with Gasteiger partial charge < -0.3 is 9.47 Å². The summed E-state index contributed by atoms with van der Waals surface area (Å²) in [6.45, 7) is 0. The van der Waals surface area contributed by atoms with Gasteiger partial charge in [0.1, 0.15) is 0 Å². The van der Waals surface area contributed by atoms with Gasteiger partial charge in [-0.3, -0.25) is 10.1 Å². The SMILES string of the molecule is COc1ccc(S(=O)(=O)N/N=C/c2ccccc2[N+](=O)[O-])cc1OC. The van der Waals surface area contributed by atoms with Crippen LogP contribution in [0.15, 0.2) is 52.5 Å². The van der Waals surface area contributed by atoms with Gasteiger partial charge in [-0.15, -0.1) is 0 Å². The van der Waals surface area contributed by atoms with Gasteiger partial charge in [0.15, 0.2) is 11.5 Å². The molecule has 0 aliphatic carbocycles. The predicted molar refractivity (Wildman–Crippen MR) is 90.6 cm³/mol. The number of nitrogens with one attached hydrogen (secondary N) is 1. The minimum Gasteiger partial charge on any atom is -0.493 e. The van der Waals surface area contributed by atoms with Crippen LogP contribution >= 0.6 is 0 Å². The van der Waals surface area contributed by atoms with Crippen LogP contribution in [0.4, 0.5) is 5.69 Å². The number of para-hydroxylation sites is 1. The lowest BCUT2D eigenvalue weighted by atomic mass is 10.2. The van der Waals surface area contributed by atoms with Crippen LogP contribution in [0.2, 0.25) is 0 Å². The molecule has 25 heavy (non-hydrogen) atoms. The Labute approximate surface area is 144 Å². The molecule has 0 saturated heterocycles. The molecule has 2 rings (SSSR count). The van der Waals surface area contributed by atoms with Crippen molar-refractivity contribution in [3.63, 3.8) is 0 Å². The Kier molecular flexibility index (Phi) is 5.55. The van der Waals surface area contributed by atoms with Crippen LogP contribution in [-0.4, -0.2) is 33.8 Å². The second-order valence-electron chi connectivity index (χ2n) is 4.69. The Balaban J connectivity index is 2.24. The zero-order chi connectivity index (χ0) is 18.4. The van der Waals surface area contributed by atoms with Crippen molar-refractivity contribution in [2.75, 3.05) is 14.2 Å². The van der Waals surface area contributed by atoms with Crippen LogP contribution in [-0.2, 0) is 10.0 Å². The minimum atomic E-state index is -3.97. The predicted octanol–water partition coefficient (Wildman–Crippen LogP) is 1.92. The summed E-state index contributed by atoms with van der Waals surface area (Å²) < 4.78 is 34.6. The summed E-state index contributed by atoms with van der Waals surface area (Å²) in [5.74, 6) is 0.623. The van der Waals surface area contributed by atoms with Crippen molar-refractivity contribution in [2.24, 2.45) is 5.10 Å². The highest BCUT2D eigenvalue weighted by atomic mass is 32.2. The first kappa shape index (κ1) is 18.2. The highest BCUT2D eigenvalue weighted by molar-refractivity contribution is 7.89. The van der Waals surface area contributed by atoms with Gasteiger partial charge in [-0.05, 0) is 18.2 Å². The minimum absolute atomic E-state index is 0.0927. The molecule has 0 heterocycles. The Morgan fingerprint density at radius 3 is 2.44 bits per heavy atom. The summed E-state index contributed by atoms with van der Waals surface area (Å²) in [6, 6.07) is 9.88.